The van der Waals surface area contributed by atoms with E-state index in [4.69, 9.17) is 19.9 Å². The first-order valence-corrected chi connectivity index (χ1v) is 23.3. The predicted molar refractivity (Wildman–Crippen MR) is 227 cm³/mol. The van der Waals surface area contributed by atoms with Crippen LogP contribution in [0.5, 0.6) is 11.5 Å². The van der Waals surface area contributed by atoms with Gasteiger partial charge in [0.2, 0.25) is 11.8 Å². The Hall–Kier alpha value is -4.43. The van der Waals surface area contributed by atoms with Gasteiger partial charge < -0.3 is 29.7 Å². The summed E-state index contributed by atoms with van der Waals surface area (Å²) in [6.45, 7) is 15.7. The van der Waals surface area contributed by atoms with Gasteiger partial charge in [-0.3, -0.25) is 24.2 Å². The normalized spacial score (nSPS) is 16.5. The van der Waals surface area contributed by atoms with E-state index < -0.39 is 31.2 Å². The molecule has 2 aromatic rings. The van der Waals surface area contributed by atoms with Crippen molar-refractivity contribution >= 4 is 37.5 Å². The van der Waals surface area contributed by atoms with E-state index in [1.807, 2.05) is 37.5 Å². The molecule has 2 heterocycles. The van der Waals surface area contributed by atoms with Crippen molar-refractivity contribution in [2.75, 3.05) is 70.8 Å². The molecule has 2 saturated heterocycles. The topological polar surface area (TPSA) is 186 Å². The molecule has 2 N–H and O–H groups in total. The molecule has 2 aromatic carbocycles. The zero-order valence-corrected chi connectivity index (χ0v) is 37.8. The van der Waals surface area contributed by atoms with E-state index in [2.05, 4.69) is 0 Å². The number of benzene rings is 2. The summed E-state index contributed by atoms with van der Waals surface area (Å²) >= 11 is 0. The second-order valence-electron chi connectivity index (χ2n) is 16.3. The summed E-state index contributed by atoms with van der Waals surface area (Å²) in [5, 5.41) is 0. The molecule has 2 fully saturated rings. The molecule has 0 aromatic heterocycles. The number of amides is 2. The number of hydrogen-bond acceptors (Lipinski definition) is 13. The molecular formula is C42H61F2N5O10S2. The summed E-state index contributed by atoms with van der Waals surface area (Å²) in [5.74, 6) is -0.783. The van der Waals surface area contributed by atoms with Gasteiger partial charge in [-0.2, -0.15) is 0 Å². The molecule has 4 rings (SSSR count). The Balaban J connectivity index is 0.000000334. The fraction of sp³-hybridized carbons (Fsp3) is 0.548. The molecule has 0 spiro atoms. The van der Waals surface area contributed by atoms with Gasteiger partial charge in [-0.15, -0.1) is 0 Å². The Kier molecular flexibility index (Phi) is 19.3. The molecule has 2 aliphatic rings. The van der Waals surface area contributed by atoms with Gasteiger partial charge in [0.25, 0.3) is 0 Å². The number of carbonyl (C=O) groups is 3. The minimum Gasteiger partial charge on any atom is -0.489 e. The van der Waals surface area contributed by atoms with Crippen LogP contribution in [0.4, 0.5) is 8.78 Å². The van der Waals surface area contributed by atoms with Crippen LogP contribution in [0, 0.1) is 0 Å². The van der Waals surface area contributed by atoms with E-state index in [0.717, 1.165) is 0 Å². The average Bonchev–Trinajstić information content (AvgIpc) is 3.19. The van der Waals surface area contributed by atoms with E-state index in [0.29, 0.717) is 55.9 Å². The third-order valence-electron chi connectivity index (χ3n) is 9.66. The smallest absolute Gasteiger partial charge is 0.306 e. The van der Waals surface area contributed by atoms with E-state index in [1.165, 1.54) is 58.3 Å². The van der Waals surface area contributed by atoms with Crippen LogP contribution in [0.15, 0.2) is 82.1 Å². The monoisotopic (exact) mass is 897 g/mol. The molecule has 2 aliphatic heterocycles. The maximum Gasteiger partial charge on any atom is 0.306 e. The number of piperazine rings is 2. The largest absolute Gasteiger partial charge is 0.489 e. The van der Waals surface area contributed by atoms with Gasteiger partial charge >= 0.3 is 5.97 Å². The molecule has 0 bridgehead atoms. The number of halogens is 2. The number of rotatable bonds is 18. The van der Waals surface area contributed by atoms with E-state index in [9.17, 15) is 40.0 Å². The van der Waals surface area contributed by atoms with Crippen molar-refractivity contribution in [2.24, 2.45) is 5.73 Å². The second-order valence-corrected chi connectivity index (χ2v) is 20.2. The lowest BCUT2D eigenvalue weighted by molar-refractivity contribution is -0.154. The number of esters is 1. The zero-order chi connectivity index (χ0) is 45.5. The molecule has 0 radical (unpaired) electrons. The lowest BCUT2D eigenvalue weighted by Gasteiger charge is -2.36. The van der Waals surface area contributed by atoms with Crippen LogP contribution in [0.2, 0.25) is 0 Å². The quantitative estimate of drug-likeness (QED) is 0.207. The van der Waals surface area contributed by atoms with Crippen LogP contribution in [0.3, 0.4) is 0 Å². The third kappa shape index (κ3) is 16.8. The number of carbonyl (C=O) groups excluding carboxylic acids is 3. The number of nitrogens with zero attached hydrogens (tertiary/aromatic N) is 4. The lowest BCUT2D eigenvalue weighted by Crippen LogP contribution is -2.53. The highest BCUT2D eigenvalue weighted by molar-refractivity contribution is 7.91. The highest BCUT2D eigenvalue weighted by Crippen LogP contribution is 2.22. The van der Waals surface area contributed by atoms with Gasteiger partial charge in [0.1, 0.15) is 42.1 Å². The van der Waals surface area contributed by atoms with Crippen molar-refractivity contribution in [3.8, 4) is 11.5 Å². The van der Waals surface area contributed by atoms with Crippen molar-refractivity contribution in [1.29, 1.82) is 0 Å². The molecule has 15 nitrogen and oxygen atoms in total. The number of nitrogens with two attached hydrogens (primary N) is 1. The van der Waals surface area contributed by atoms with Crippen LogP contribution in [-0.2, 0) is 38.8 Å². The summed E-state index contributed by atoms with van der Waals surface area (Å²) in [7, 11) is -7.36. The molecule has 61 heavy (non-hydrogen) atoms. The fourth-order valence-electron chi connectivity index (χ4n) is 5.95. The van der Waals surface area contributed by atoms with Crippen molar-refractivity contribution in [3.63, 3.8) is 0 Å². The molecule has 340 valence electrons. The second kappa shape index (κ2) is 23.1. The van der Waals surface area contributed by atoms with Crippen molar-refractivity contribution in [1.82, 2.24) is 19.6 Å². The Labute approximate surface area is 359 Å². The fourth-order valence-corrected chi connectivity index (χ4v) is 8.72. The Bertz CT molecular complexity index is 2060. The standard InChI is InChI=1S/C24H35FN2O6S.C18H26FN3O4S/c1-18(2)26-12-13-27(22(28)15-26)17-34(30,31)21-9-7-20(8-10-21)32-16-19(14-25)6-11-23(29)33-24(3,4)5;1-14(2)21-7-8-22(18(23)11-21)13-27(24,25)17-5-3-16(4-6-17)26-12-15(9-19)10-20/h7-10,14,18H,6,11-13,15-17H2,1-5H3;3-6,9,14H,7-8,10-13,20H2,1-2H3/b19-14+;15-9+. The maximum atomic E-state index is 13.2. The SMILES string of the molecule is CC(C)N1CCN(CS(=O)(=O)c2ccc(OC/C(=C/F)CCC(=O)OC(C)(C)C)cc2)C(=O)C1.CC(C)N1CCN(CS(=O)(=O)c2ccc(OC/C(=C/F)CN)cc2)C(=O)C1. The molecule has 0 saturated carbocycles. The van der Waals surface area contributed by atoms with Crippen LogP contribution in [0.1, 0.15) is 61.3 Å². The molecule has 19 heteroatoms. The Morgan fingerprint density at radius 3 is 1.41 bits per heavy atom. The highest BCUT2D eigenvalue weighted by atomic mass is 32.2. The van der Waals surface area contributed by atoms with E-state index in [1.54, 1.807) is 20.8 Å². The summed E-state index contributed by atoms with van der Waals surface area (Å²) in [5.41, 5.74) is 5.32. The summed E-state index contributed by atoms with van der Waals surface area (Å²) in [6, 6.07) is 12.1. The van der Waals surface area contributed by atoms with Gasteiger partial charge in [-0.05, 0) is 109 Å². The first-order chi connectivity index (χ1) is 28.6. The van der Waals surface area contributed by atoms with Gasteiger partial charge in [0.15, 0.2) is 19.7 Å². The number of hydrogen-bond donors (Lipinski definition) is 1. The van der Waals surface area contributed by atoms with Crippen molar-refractivity contribution in [2.45, 2.75) is 88.8 Å². The number of ether oxygens (including phenoxy) is 3. The molecule has 0 aliphatic carbocycles. The first kappa shape index (κ1) is 50.9. The molecule has 0 atom stereocenters. The highest BCUT2D eigenvalue weighted by Gasteiger charge is 2.31. The minimum atomic E-state index is -3.71. The van der Waals surface area contributed by atoms with Crippen LogP contribution >= 0.6 is 0 Å². The maximum absolute atomic E-state index is 13.2. The molecular weight excluding hydrogens is 837 g/mol. The summed E-state index contributed by atoms with van der Waals surface area (Å²) in [4.78, 5) is 43.3. The summed E-state index contributed by atoms with van der Waals surface area (Å²) in [6.07, 6.45) is 0.974. The Morgan fingerprint density at radius 2 is 1.08 bits per heavy atom. The first-order valence-electron chi connectivity index (χ1n) is 20.0. The van der Waals surface area contributed by atoms with E-state index >= 15 is 0 Å². The van der Waals surface area contributed by atoms with Gasteiger partial charge in [-0.25, -0.2) is 25.6 Å². The van der Waals surface area contributed by atoms with Gasteiger partial charge in [-0.1, -0.05) is 0 Å². The zero-order valence-electron chi connectivity index (χ0n) is 36.1. The predicted octanol–water partition coefficient (Wildman–Crippen LogP) is 4.49. The Morgan fingerprint density at radius 1 is 0.689 bits per heavy atom. The third-order valence-corrected chi connectivity index (χ3v) is 12.9. The summed E-state index contributed by atoms with van der Waals surface area (Å²) < 4.78 is 92.5. The molecule has 0 unspecified atom stereocenters. The van der Waals surface area contributed by atoms with Gasteiger partial charge in [0, 0.05) is 56.8 Å². The van der Waals surface area contributed by atoms with Crippen molar-refractivity contribution in [3.05, 3.63) is 72.3 Å². The van der Waals surface area contributed by atoms with E-state index in [-0.39, 0.29) is 96.7 Å². The average molecular weight is 898 g/mol. The van der Waals surface area contributed by atoms with Crippen LogP contribution in [-0.4, -0.2) is 143 Å². The molecule has 2 amide bonds. The minimum absolute atomic E-state index is 0.00622. The van der Waals surface area contributed by atoms with Crippen LogP contribution in [0.25, 0.3) is 0 Å². The van der Waals surface area contributed by atoms with Crippen molar-refractivity contribution < 1.29 is 54.2 Å². The van der Waals surface area contributed by atoms with Crippen LogP contribution < -0.4 is 15.2 Å². The number of sulfone groups is 2. The van der Waals surface area contributed by atoms with Gasteiger partial charge in [0.05, 0.1) is 35.5 Å². The lowest BCUT2D eigenvalue weighted by atomic mass is 10.1.